The predicted octanol–water partition coefficient (Wildman–Crippen LogP) is 0.578. The Morgan fingerprint density at radius 1 is 0.731 bits per heavy atom. The summed E-state index contributed by atoms with van der Waals surface area (Å²) in [7, 11) is 0. The van der Waals surface area contributed by atoms with Crippen molar-refractivity contribution in [1.29, 1.82) is 0 Å². The highest BCUT2D eigenvalue weighted by Crippen LogP contribution is 2.24. The van der Waals surface area contributed by atoms with E-state index in [-0.39, 0.29) is 5.91 Å². The fourth-order valence-corrected chi connectivity index (χ4v) is 2.55. The summed E-state index contributed by atoms with van der Waals surface area (Å²) in [6.45, 7) is 2.81. The van der Waals surface area contributed by atoms with Crippen LogP contribution in [0.2, 0.25) is 0 Å². The van der Waals surface area contributed by atoms with E-state index in [1.165, 1.54) is 13.8 Å². The number of carbonyl (C=O) groups excluding carboxylic acids is 3. The molecule has 0 fully saturated rings. The Morgan fingerprint density at radius 2 is 1.15 bits per heavy atom. The van der Waals surface area contributed by atoms with E-state index in [0.29, 0.717) is 0 Å². The molecule has 0 saturated carbocycles. The lowest BCUT2D eigenvalue weighted by atomic mass is 9.90. The summed E-state index contributed by atoms with van der Waals surface area (Å²) in [5.41, 5.74) is 1.60. The monoisotopic (exact) mass is 353 g/mol. The predicted molar refractivity (Wildman–Crippen MR) is 94.9 cm³/mol. The van der Waals surface area contributed by atoms with Gasteiger partial charge in [-0.25, -0.2) is 0 Å². The van der Waals surface area contributed by atoms with Gasteiger partial charge in [-0.1, -0.05) is 60.7 Å². The van der Waals surface area contributed by atoms with Gasteiger partial charge in [-0.2, -0.15) is 0 Å². The molecule has 2 atom stereocenters. The number of hydrogen-bond donors (Lipinski definition) is 2. The number of nitrogens with one attached hydrogen (secondary N) is 2. The Morgan fingerprint density at radius 3 is 1.58 bits per heavy atom. The molecule has 26 heavy (non-hydrogen) atoms. The molecule has 0 bridgehead atoms. The quantitative estimate of drug-likeness (QED) is 0.761. The number of hydrogen-bond acceptors (Lipinski definition) is 4. The molecule has 0 heterocycles. The van der Waals surface area contributed by atoms with Crippen LogP contribution in [0.3, 0.4) is 0 Å². The Hall–Kier alpha value is -3.15. The number of amides is 2. The van der Waals surface area contributed by atoms with Crippen LogP contribution in [0.25, 0.3) is 0 Å². The third-order valence-corrected chi connectivity index (χ3v) is 3.99. The molecule has 0 aliphatic heterocycles. The van der Waals surface area contributed by atoms with E-state index in [0.717, 1.165) is 11.1 Å². The van der Waals surface area contributed by atoms with Gasteiger partial charge < -0.3 is 20.5 Å². The molecule has 2 amide bonds. The van der Waals surface area contributed by atoms with Gasteiger partial charge in [0.1, 0.15) is 6.04 Å². The summed E-state index contributed by atoms with van der Waals surface area (Å²) in [5.74, 6) is -2.89. The zero-order valence-electron chi connectivity index (χ0n) is 14.6. The first-order valence-electron chi connectivity index (χ1n) is 8.31. The van der Waals surface area contributed by atoms with E-state index in [9.17, 15) is 19.5 Å². The lowest BCUT2D eigenvalue weighted by Crippen LogP contribution is -2.52. The van der Waals surface area contributed by atoms with Crippen molar-refractivity contribution >= 4 is 17.8 Å². The Bertz CT molecular complexity index is 722. The van der Waals surface area contributed by atoms with Crippen molar-refractivity contribution in [2.45, 2.75) is 31.8 Å². The fourth-order valence-electron chi connectivity index (χ4n) is 2.55. The molecule has 2 N–H and O–H groups in total. The molecule has 2 aromatic carbocycles. The largest absolute Gasteiger partial charge is 0.548 e. The fraction of sp³-hybridized carbons (Fsp3) is 0.250. The highest BCUT2D eigenvalue weighted by molar-refractivity contribution is 5.93. The van der Waals surface area contributed by atoms with E-state index >= 15 is 0 Å². The summed E-state index contributed by atoms with van der Waals surface area (Å²) in [6, 6.07) is 16.5. The average Bonchev–Trinajstić information content (AvgIpc) is 2.63. The zero-order chi connectivity index (χ0) is 19.1. The molecule has 2 aromatic rings. The SMILES string of the molecule is C[C@H](NC(=O)C(c1ccccc1)c1ccccc1)C(=O)N[C@H](C)C(=O)[O-]. The normalized spacial score (nSPS) is 12.9. The van der Waals surface area contributed by atoms with E-state index in [2.05, 4.69) is 10.6 Å². The van der Waals surface area contributed by atoms with Crippen molar-refractivity contribution in [3.63, 3.8) is 0 Å². The van der Waals surface area contributed by atoms with Gasteiger partial charge in [-0.3, -0.25) is 9.59 Å². The lowest BCUT2D eigenvalue weighted by molar-refractivity contribution is -0.307. The number of carboxylic acid groups (broad SMARTS) is 1. The smallest absolute Gasteiger partial charge is 0.242 e. The first-order chi connectivity index (χ1) is 12.4. The highest BCUT2D eigenvalue weighted by Gasteiger charge is 2.26. The molecular formula is C20H21N2O4-. The van der Waals surface area contributed by atoms with Crippen LogP contribution >= 0.6 is 0 Å². The number of aliphatic carboxylic acids is 1. The van der Waals surface area contributed by atoms with Crippen LogP contribution in [0, 0.1) is 0 Å². The maximum atomic E-state index is 12.9. The van der Waals surface area contributed by atoms with Crippen LogP contribution < -0.4 is 15.7 Å². The minimum absolute atomic E-state index is 0.342. The van der Waals surface area contributed by atoms with E-state index in [1.54, 1.807) is 0 Å². The minimum Gasteiger partial charge on any atom is -0.548 e. The summed E-state index contributed by atoms with van der Waals surface area (Å²) in [6.07, 6.45) is 0. The van der Waals surface area contributed by atoms with Crippen LogP contribution in [-0.4, -0.2) is 29.9 Å². The maximum absolute atomic E-state index is 12.9. The van der Waals surface area contributed by atoms with Crippen LogP contribution in [0.1, 0.15) is 30.9 Å². The van der Waals surface area contributed by atoms with Gasteiger partial charge in [-0.15, -0.1) is 0 Å². The summed E-state index contributed by atoms with van der Waals surface area (Å²) in [5, 5.41) is 15.7. The average molecular weight is 353 g/mol. The van der Waals surface area contributed by atoms with Gasteiger partial charge in [0.05, 0.1) is 17.9 Å². The van der Waals surface area contributed by atoms with Gasteiger partial charge in [-0.05, 0) is 25.0 Å². The third-order valence-electron chi connectivity index (χ3n) is 3.99. The van der Waals surface area contributed by atoms with Crippen molar-refractivity contribution in [2.24, 2.45) is 0 Å². The number of rotatable bonds is 7. The van der Waals surface area contributed by atoms with Gasteiger partial charge >= 0.3 is 0 Å². The first-order valence-corrected chi connectivity index (χ1v) is 8.31. The summed E-state index contributed by atoms with van der Waals surface area (Å²) >= 11 is 0. The minimum atomic E-state index is -1.39. The second-order valence-electron chi connectivity index (χ2n) is 6.03. The highest BCUT2D eigenvalue weighted by atomic mass is 16.4. The molecule has 0 radical (unpaired) electrons. The molecule has 2 rings (SSSR count). The van der Waals surface area contributed by atoms with E-state index in [4.69, 9.17) is 0 Å². The molecule has 6 heteroatoms. The van der Waals surface area contributed by atoms with Gasteiger partial charge in [0.2, 0.25) is 11.8 Å². The number of carboxylic acids is 1. The molecule has 0 unspecified atom stereocenters. The van der Waals surface area contributed by atoms with Gasteiger partial charge in [0.15, 0.2) is 0 Å². The Kier molecular flexibility index (Phi) is 6.49. The molecule has 0 aromatic heterocycles. The molecular weight excluding hydrogens is 332 g/mol. The van der Waals surface area contributed by atoms with Gasteiger partial charge in [0.25, 0.3) is 0 Å². The lowest BCUT2D eigenvalue weighted by Gasteiger charge is -2.22. The Balaban J connectivity index is 2.17. The third kappa shape index (κ3) is 4.92. The van der Waals surface area contributed by atoms with Crippen LogP contribution in [0.15, 0.2) is 60.7 Å². The zero-order valence-corrected chi connectivity index (χ0v) is 14.6. The van der Waals surface area contributed by atoms with Gasteiger partial charge in [0, 0.05) is 0 Å². The van der Waals surface area contributed by atoms with E-state index in [1.807, 2.05) is 60.7 Å². The molecule has 6 nitrogen and oxygen atoms in total. The van der Waals surface area contributed by atoms with Crippen molar-refractivity contribution in [1.82, 2.24) is 10.6 Å². The van der Waals surface area contributed by atoms with Crippen molar-refractivity contribution in [3.05, 3.63) is 71.8 Å². The van der Waals surface area contributed by atoms with Crippen molar-refractivity contribution in [3.8, 4) is 0 Å². The summed E-state index contributed by atoms with van der Waals surface area (Å²) in [4.78, 5) is 35.7. The van der Waals surface area contributed by atoms with Crippen molar-refractivity contribution in [2.75, 3.05) is 0 Å². The number of benzene rings is 2. The maximum Gasteiger partial charge on any atom is 0.242 e. The topological polar surface area (TPSA) is 98.3 Å². The molecule has 0 saturated heterocycles. The number of carbonyl (C=O) groups is 3. The van der Waals surface area contributed by atoms with Crippen LogP contribution in [0.4, 0.5) is 0 Å². The molecule has 136 valence electrons. The second-order valence-corrected chi connectivity index (χ2v) is 6.03. The second kappa shape index (κ2) is 8.80. The molecule has 0 aliphatic rings. The van der Waals surface area contributed by atoms with E-state index < -0.39 is 29.9 Å². The van der Waals surface area contributed by atoms with Crippen molar-refractivity contribution < 1.29 is 19.5 Å². The first kappa shape index (κ1) is 19.2. The summed E-state index contributed by atoms with van der Waals surface area (Å²) < 4.78 is 0. The Labute approximate surface area is 152 Å². The molecule has 0 spiro atoms. The standard InChI is InChI=1S/C20H22N2O4/c1-13(18(23)22-14(2)20(25)26)21-19(24)17(15-9-5-3-6-10-15)16-11-7-4-8-12-16/h3-14,17H,1-2H3,(H,21,24)(H,22,23)(H,25,26)/p-1/t13-,14+/m0/s1. The van der Waals surface area contributed by atoms with Crippen LogP contribution in [0.5, 0.6) is 0 Å². The molecule has 0 aliphatic carbocycles. The van der Waals surface area contributed by atoms with Crippen LogP contribution in [-0.2, 0) is 14.4 Å².